The molecule has 0 amide bonds. The molecule has 0 N–H and O–H groups in total. The van der Waals surface area contributed by atoms with Crippen LogP contribution in [0.2, 0.25) is 0 Å². The first-order valence-electron chi connectivity index (χ1n) is 8.98. The molecule has 1 atom stereocenters. The smallest absolute Gasteiger partial charge is 0.267 e. The largest absolute Gasteiger partial charge is 0.297 e. The van der Waals surface area contributed by atoms with E-state index in [2.05, 4.69) is 20.2 Å². The van der Waals surface area contributed by atoms with Crippen LogP contribution >= 0.6 is 0 Å². The fourth-order valence-electron chi connectivity index (χ4n) is 3.90. The summed E-state index contributed by atoms with van der Waals surface area (Å²) in [7, 11) is 0. The van der Waals surface area contributed by atoms with Crippen molar-refractivity contribution in [2.75, 3.05) is 13.1 Å². The van der Waals surface area contributed by atoms with E-state index in [0.29, 0.717) is 12.6 Å². The lowest BCUT2D eigenvalue weighted by Gasteiger charge is -2.25. The van der Waals surface area contributed by atoms with Crippen molar-refractivity contribution in [2.24, 2.45) is 0 Å². The van der Waals surface area contributed by atoms with Gasteiger partial charge < -0.3 is 0 Å². The Hall–Kier alpha value is -2.02. The van der Waals surface area contributed by atoms with Gasteiger partial charge in [0.15, 0.2) is 0 Å². The molecule has 0 aromatic carbocycles. The van der Waals surface area contributed by atoms with Crippen LogP contribution < -0.4 is 5.56 Å². The van der Waals surface area contributed by atoms with Gasteiger partial charge in [0, 0.05) is 18.7 Å². The van der Waals surface area contributed by atoms with Crippen molar-refractivity contribution < 1.29 is 0 Å². The molecule has 4 rings (SSSR count). The summed E-state index contributed by atoms with van der Waals surface area (Å²) in [6.07, 6.45) is 10.1. The van der Waals surface area contributed by atoms with Crippen molar-refractivity contribution in [3.63, 3.8) is 0 Å². The van der Waals surface area contributed by atoms with Gasteiger partial charge >= 0.3 is 0 Å². The average molecular weight is 328 g/mol. The monoisotopic (exact) mass is 328 g/mol. The zero-order valence-corrected chi connectivity index (χ0v) is 14.0. The standard InChI is InChI=1S/C17H24N6O/c24-17-12-14-4-1-2-6-16(14)20-22(17)13-15-5-3-9-21(15)10-11-23-18-7-8-19-23/h7-8,12,15H,1-6,9-11,13H2. The van der Waals surface area contributed by atoms with Crippen LogP contribution in [0, 0.1) is 0 Å². The van der Waals surface area contributed by atoms with Crippen LogP contribution in [-0.4, -0.2) is 48.8 Å². The maximum absolute atomic E-state index is 12.4. The number of hydrogen-bond acceptors (Lipinski definition) is 5. The summed E-state index contributed by atoms with van der Waals surface area (Å²) in [4.78, 5) is 16.6. The highest BCUT2D eigenvalue weighted by Gasteiger charge is 2.26. The van der Waals surface area contributed by atoms with Crippen LogP contribution in [0.3, 0.4) is 0 Å². The van der Waals surface area contributed by atoms with Gasteiger partial charge in [-0.2, -0.15) is 20.1 Å². The van der Waals surface area contributed by atoms with Gasteiger partial charge in [0.2, 0.25) is 0 Å². The van der Waals surface area contributed by atoms with E-state index in [4.69, 9.17) is 0 Å². The van der Waals surface area contributed by atoms with Gasteiger partial charge in [-0.3, -0.25) is 9.69 Å². The fraction of sp³-hybridized carbons (Fsp3) is 0.647. The van der Waals surface area contributed by atoms with Crippen LogP contribution in [0.5, 0.6) is 0 Å². The molecular formula is C17H24N6O. The average Bonchev–Trinajstić information content (AvgIpc) is 3.25. The van der Waals surface area contributed by atoms with Crippen molar-refractivity contribution in [3.8, 4) is 0 Å². The molecule has 1 saturated heterocycles. The molecule has 1 unspecified atom stereocenters. The minimum absolute atomic E-state index is 0.0521. The quantitative estimate of drug-likeness (QED) is 0.815. The van der Waals surface area contributed by atoms with E-state index < -0.39 is 0 Å². The summed E-state index contributed by atoms with van der Waals surface area (Å²) >= 11 is 0. The molecule has 1 aliphatic carbocycles. The van der Waals surface area contributed by atoms with E-state index in [0.717, 1.165) is 50.2 Å². The Labute approximate surface area is 141 Å². The van der Waals surface area contributed by atoms with E-state index >= 15 is 0 Å². The number of rotatable bonds is 5. The Morgan fingerprint density at radius 1 is 1.08 bits per heavy atom. The Bertz CT molecular complexity index is 738. The molecule has 0 radical (unpaired) electrons. The van der Waals surface area contributed by atoms with Gasteiger partial charge in [-0.1, -0.05) is 0 Å². The van der Waals surface area contributed by atoms with Gasteiger partial charge in [0.1, 0.15) is 0 Å². The van der Waals surface area contributed by atoms with E-state index in [1.807, 2.05) is 6.07 Å². The van der Waals surface area contributed by atoms with Crippen molar-refractivity contribution in [1.82, 2.24) is 29.7 Å². The number of aryl methyl sites for hydroxylation is 2. The minimum Gasteiger partial charge on any atom is -0.297 e. The first-order chi connectivity index (χ1) is 11.8. The molecule has 0 bridgehead atoms. The number of hydrogen-bond donors (Lipinski definition) is 0. The number of likely N-dealkylation sites (tertiary alicyclic amines) is 1. The van der Waals surface area contributed by atoms with Gasteiger partial charge in [-0.25, -0.2) is 4.68 Å². The second kappa shape index (κ2) is 6.84. The Morgan fingerprint density at radius 2 is 1.92 bits per heavy atom. The normalized spacial score (nSPS) is 21.1. The summed E-state index contributed by atoms with van der Waals surface area (Å²) in [6.45, 7) is 3.47. The second-order valence-corrected chi connectivity index (χ2v) is 6.80. The molecule has 1 fully saturated rings. The highest BCUT2D eigenvalue weighted by atomic mass is 16.1. The third-order valence-corrected chi connectivity index (χ3v) is 5.21. The molecule has 0 spiro atoms. The maximum Gasteiger partial charge on any atom is 0.267 e. The molecule has 3 heterocycles. The summed E-state index contributed by atoms with van der Waals surface area (Å²) < 4.78 is 1.69. The minimum atomic E-state index is 0.0521. The molecule has 0 saturated carbocycles. The molecule has 7 nitrogen and oxygen atoms in total. The van der Waals surface area contributed by atoms with E-state index in [1.54, 1.807) is 21.9 Å². The number of nitrogens with zero attached hydrogens (tertiary/aromatic N) is 6. The Morgan fingerprint density at radius 3 is 2.79 bits per heavy atom. The van der Waals surface area contributed by atoms with E-state index in [-0.39, 0.29) is 5.56 Å². The first kappa shape index (κ1) is 15.5. The zero-order valence-electron chi connectivity index (χ0n) is 14.0. The summed E-state index contributed by atoms with van der Waals surface area (Å²) in [6, 6.07) is 2.20. The lowest BCUT2D eigenvalue weighted by atomic mass is 9.97. The molecule has 7 heteroatoms. The van der Waals surface area contributed by atoms with Crippen molar-refractivity contribution in [1.29, 1.82) is 0 Å². The third-order valence-electron chi connectivity index (χ3n) is 5.21. The summed E-state index contributed by atoms with van der Waals surface area (Å²) in [5, 5.41) is 13.0. The predicted molar refractivity (Wildman–Crippen MR) is 89.8 cm³/mol. The molecule has 128 valence electrons. The van der Waals surface area contributed by atoms with Crippen LogP contribution in [0.4, 0.5) is 0 Å². The molecular weight excluding hydrogens is 304 g/mol. The number of fused-ring (bicyclic) bond motifs is 1. The SMILES string of the molecule is O=c1cc2c(nn1CC1CCCN1CCn1nccn1)CCCC2. The lowest BCUT2D eigenvalue weighted by Crippen LogP contribution is -2.39. The fourth-order valence-corrected chi connectivity index (χ4v) is 3.90. The van der Waals surface area contributed by atoms with Gasteiger partial charge in [-0.15, -0.1) is 0 Å². The third kappa shape index (κ3) is 3.26. The first-order valence-corrected chi connectivity index (χ1v) is 8.98. The summed E-state index contributed by atoms with van der Waals surface area (Å²) in [5.74, 6) is 0. The summed E-state index contributed by atoms with van der Waals surface area (Å²) in [5.41, 5.74) is 2.35. The van der Waals surface area contributed by atoms with Gasteiger partial charge in [0.25, 0.3) is 5.56 Å². The van der Waals surface area contributed by atoms with Crippen LogP contribution in [0.1, 0.15) is 36.9 Å². The number of aromatic nitrogens is 5. The van der Waals surface area contributed by atoms with E-state index in [1.165, 1.54) is 19.3 Å². The molecule has 2 aromatic rings. The second-order valence-electron chi connectivity index (χ2n) is 6.80. The maximum atomic E-state index is 12.4. The molecule has 24 heavy (non-hydrogen) atoms. The molecule has 1 aliphatic heterocycles. The Balaban J connectivity index is 1.44. The van der Waals surface area contributed by atoms with Crippen LogP contribution in [0.15, 0.2) is 23.3 Å². The highest BCUT2D eigenvalue weighted by Crippen LogP contribution is 2.20. The molecule has 2 aliphatic rings. The van der Waals surface area contributed by atoms with Crippen molar-refractivity contribution in [3.05, 3.63) is 40.1 Å². The topological polar surface area (TPSA) is 68.8 Å². The zero-order chi connectivity index (χ0) is 16.4. The van der Waals surface area contributed by atoms with Crippen molar-refractivity contribution >= 4 is 0 Å². The Kier molecular flexibility index (Phi) is 4.42. The van der Waals surface area contributed by atoms with Gasteiger partial charge in [-0.05, 0) is 50.6 Å². The lowest BCUT2D eigenvalue weighted by molar-refractivity contribution is 0.209. The van der Waals surface area contributed by atoms with Crippen molar-refractivity contribution in [2.45, 2.75) is 57.7 Å². The van der Waals surface area contributed by atoms with Crippen LogP contribution in [0.25, 0.3) is 0 Å². The highest BCUT2D eigenvalue weighted by molar-refractivity contribution is 5.20. The predicted octanol–water partition coefficient (Wildman–Crippen LogP) is 0.878. The van der Waals surface area contributed by atoms with E-state index in [9.17, 15) is 4.79 Å². The molecule has 2 aromatic heterocycles. The van der Waals surface area contributed by atoms with Crippen LogP contribution in [-0.2, 0) is 25.9 Å². The van der Waals surface area contributed by atoms with Gasteiger partial charge in [0.05, 0.1) is 31.2 Å².